The number of hydrogen-bond donors (Lipinski definition) is 3. The molecule has 5 heterocycles. The van der Waals surface area contributed by atoms with Crippen LogP contribution in [0.2, 0.25) is 0 Å². The first-order valence-corrected chi connectivity index (χ1v) is 12.0. The van der Waals surface area contributed by atoms with E-state index in [1.165, 1.54) is 6.20 Å². The monoisotopic (exact) mass is 502 g/mol. The second-order valence-electron chi connectivity index (χ2n) is 10.1. The van der Waals surface area contributed by atoms with E-state index in [-0.39, 0.29) is 40.4 Å². The molecular weight excluding hydrogens is 473 g/mol. The number of aromatic amines is 1. The zero-order chi connectivity index (χ0) is 25.7. The number of amides is 1. The molecule has 0 radical (unpaired) electrons. The average Bonchev–Trinajstić information content (AvgIpc) is 3.39. The van der Waals surface area contributed by atoms with Crippen LogP contribution in [0.5, 0.6) is 0 Å². The second kappa shape index (κ2) is 8.91. The third-order valence-electron chi connectivity index (χ3n) is 6.89. The number of aromatic nitrogens is 5. The zero-order valence-corrected chi connectivity index (χ0v) is 20.4. The lowest BCUT2D eigenvalue weighted by molar-refractivity contribution is -0.137. The van der Waals surface area contributed by atoms with Crippen LogP contribution in [-0.4, -0.2) is 55.3 Å². The molecule has 1 fully saturated rings. The summed E-state index contributed by atoms with van der Waals surface area (Å²) in [7, 11) is 1.76. The third kappa shape index (κ3) is 4.69. The molecular formula is C24H29F3N8O. The van der Waals surface area contributed by atoms with E-state index >= 15 is 0 Å². The number of carbonyl (C=O) groups excluding carboxylic acids is 1. The molecule has 0 bridgehead atoms. The highest BCUT2D eigenvalue weighted by atomic mass is 19.4. The number of carbonyl (C=O) groups is 1. The number of nitrogens with one attached hydrogen (secondary N) is 3. The minimum Gasteiger partial charge on any atom is -0.356 e. The Hall–Kier alpha value is -3.41. The molecule has 0 spiro atoms. The first-order valence-electron chi connectivity index (χ1n) is 12.0. The lowest BCUT2D eigenvalue weighted by Gasteiger charge is -2.36. The molecule has 1 atom stereocenters. The Balaban J connectivity index is 1.50. The topological polar surface area (TPSA) is 104 Å². The molecule has 0 aromatic carbocycles. The minimum absolute atomic E-state index is 0.000527. The van der Waals surface area contributed by atoms with Crippen LogP contribution in [0.1, 0.15) is 54.7 Å². The van der Waals surface area contributed by atoms with Gasteiger partial charge in [-0.1, -0.05) is 0 Å². The van der Waals surface area contributed by atoms with Crippen molar-refractivity contribution in [3.63, 3.8) is 0 Å². The Labute approximate surface area is 206 Å². The van der Waals surface area contributed by atoms with Gasteiger partial charge in [0.2, 0.25) is 5.95 Å². The molecule has 3 N–H and O–H groups in total. The number of alkyl halides is 3. The van der Waals surface area contributed by atoms with E-state index in [9.17, 15) is 18.0 Å². The molecule has 3 aromatic rings. The second-order valence-corrected chi connectivity index (χ2v) is 10.1. The third-order valence-corrected chi connectivity index (χ3v) is 6.89. The summed E-state index contributed by atoms with van der Waals surface area (Å²) >= 11 is 0. The minimum atomic E-state index is -4.65. The highest BCUT2D eigenvalue weighted by molar-refractivity contribution is 6.07. The fraction of sp³-hybridized carbons (Fsp3) is 0.500. The van der Waals surface area contributed by atoms with Gasteiger partial charge in [0, 0.05) is 55.9 Å². The van der Waals surface area contributed by atoms with Crippen LogP contribution < -0.4 is 15.5 Å². The van der Waals surface area contributed by atoms with Gasteiger partial charge in [-0.05, 0) is 45.1 Å². The molecule has 0 unspecified atom stereocenters. The maximum atomic E-state index is 14.0. The van der Waals surface area contributed by atoms with E-state index in [0.29, 0.717) is 37.2 Å². The molecule has 36 heavy (non-hydrogen) atoms. The van der Waals surface area contributed by atoms with Gasteiger partial charge in [0.05, 0.1) is 17.6 Å². The maximum Gasteiger partial charge on any atom is 0.419 e. The first kappa shape index (κ1) is 24.3. The molecule has 3 aromatic heterocycles. The SMILES string of the molecule is Cn1cc(N2CCCc3c(-c4nc(N[C@H]5CCC(C)(C)NC5)ncc4C(F)(F)F)c[nH]c3C2=O)cn1. The van der Waals surface area contributed by atoms with Gasteiger partial charge in [-0.15, -0.1) is 0 Å². The molecule has 0 saturated carbocycles. The van der Waals surface area contributed by atoms with Crippen molar-refractivity contribution in [2.45, 2.75) is 57.3 Å². The van der Waals surface area contributed by atoms with Crippen LogP contribution in [0, 0.1) is 0 Å². The summed E-state index contributed by atoms with van der Waals surface area (Å²) in [6.45, 7) is 5.32. The Morgan fingerprint density at radius 2 is 2.06 bits per heavy atom. The number of piperidine rings is 1. The van der Waals surface area contributed by atoms with Crippen LogP contribution in [-0.2, 0) is 19.6 Å². The van der Waals surface area contributed by atoms with E-state index in [0.717, 1.165) is 19.0 Å². The van der Waals surface area contributed by atoms with Crippen LogP contribution in [0.4, 0.5) is 24.8 Å². The summed E-state index contributed by atoms with van der Waals surface area (Å²) in [4.78, 5) is 26.2. The number of nitrogens with zero attached hydrogens (tertiary/aromatic N) is 5. The van der Waals surface area contributed by atoms with Gasteiger partial charge in [0.15, 0.2) is 0 Å². The summed E-state index contributed by atoms with van der Waals surface area (Å²) in [6, 6.07) is 0.000527. The van der Waals surface area contributed by atoms with Gasteiger partial charge in [-0.2, -0.15) is 18.3 Å². The largest absolute Gasteiger partial charge is 0.419 e. The molecule has 9 nitrogen and oxygen atoms in total. The predicted octanol–water partition coefficient (Wildman–Crippen LogP) is 3.76. The standard InChI is InChI=1S/C24H29F3N8O/c1-23(2)7-6-14(9-30-23)32-22-29-12-18(24(25,26)27)19(33-22)17-11-28-20-16(17)5-4-8-35(21(20)36)15-10-31-34(3)13-15/h10-14,28,30H,4-9H2,1-3H3,(H,29,32,33)/t14-/m0/s1. The number of halogens is 3. The lowest BCUT2D eigenvalue weighted by Crippen LogP contribution is -2.50. The van der Waals surface area contributed by atoms with Crippen molar-refractivity contribution >= 4 is 17.5 Å². The highest BCUT2D eigenvalue weighted by Gasteiger charge is 2.38. The Morgan fingerprint density at radius 3 is 2.72 bits per heavy atom. The molecule has 5 rings (SSSR count). The maximum absolute atomic E-state index is 14.0. The van der Waals surface area contributed by atoms with Crippen LogP contribution >= 0.6 is 0 Å². The molecule has 2 aliphatic heterocycles. The van der Waals surface area contributed by atoms with E-state index in [1.807, 2.05) is 0 Å². The van der Waals surface area contributed by atoms with Crippen molar-refractivity contribution in [3.05, 3.63) is 41.6 Å². The van der Waals surface area contributed by atoms with Crippen LogP contribution in [0.3, 0.4) is 0 Å². The van der Waals surface area contributed by atoms with Crippen molar-refractivity contribution in [3.8, 4) is 11.3 Å². The quantitative estimate of drug-likeness (QED) is 0.502. The normalized spacial score (nSPS) is 20.2. The smallest absolute Gasteiger partial charge is 0.356 e. The fourth-order valence-corrected chi connectivity index (χ4v) is 4.85. The summed E-state index contributed by atoms with van der Waals surface area (Å²) in [6.07, 6.45) is 3.73. The molecule has 1 amide bonds. The van der Waals surface area contributed by atoms with E-state index in [2.05, 4.69) is 44.5 Å². The van der Waals surface area contributed by atoms with Crippen molar-refractivity contribution in [1.82, 2.24) is 30.0 Å². The Kier molecular flexibility index (Phi) is 6.01. The summed E-state index contributed by atoms with van der Waals surface area (Å²) < 4.78 is 43.6. The van der Waals surface area contributed by atoms with Crippen molar-refractivity contribution in [2.24, 2.45) is 7.05 Å². The van der Waals surface area contributed by atoms with Gasteiger partial charge in [-0.25, -0.2) is 9.97 Å². The van der Waals surface area contributed by atoms with Gasteiger partial charge < -0.3 is 20.5 Å². The number of H-pyrrole nitrogens is 1. The van der Waals surface area contributed by atoms with E-state index < -0.39 is 11.7 Å². The summed E-state index contributed by atoms with van der Waals surface area (Å²) in [5.74, 6) is -0.171. The van der Waals surface area contributed by atoms with Crippen molar-refractivity contribution < 1.29 is 18.0 Å². The van der Waals surface area contributed by atoms with E-state index in [1.54, 1.807) is 29.0 Å². The number of hydrogen-bond acceptors (Lipinski definition) is 6. The number of anilines is 2. The fourth-order valence-electron chi connectivity index (χ4n) is 4.85. The summed E-state index contributed by atoms with van der Waals surface area (Å²) in [5, 5.41) is 10.7. The van der Waals surface area contributed by atoms with Gasteiger partial charge in [0.1, 0.15) is 11.3 Å². The molecule has 192 valence electrons. The van der Waals surface area contributed by atoms with Crippen LogP contribution in [0.15, 0.2) is 24.8 Å². The molecule has 2 aliphatic rings. The van der Waals surface area contributed by atoms with Gasteiger partial charge >= 0.3 is 6.18 Å². The highest BCUT2D eigenvalue weighted by Crippen LogP contribution is 2.39. The predicted molar refractivity (Wildman–Crippen MR) is 129 cm³/mol. The molecule has 1 saturated heterocycles. The van der Waals surface area contributed by atoms with Crippen molar-refractivity contribution in [2.75, 3.05) is 23.3 Å². The lowest BCUT2D eigenvalue weighted by atomic mass is 9.91. The average molecular weight is 503 g/mol. The van der Waals surface area contributed by atoms with Crippen molar-refractivity contribution in [1.29, 1.82) is 0 Å². The number of fused-ring (bicyclic) bond motifs is 1. The van der Waals surface area contributed by atoms with Gasteiger partial charge in [0.25, 0.3) is 5.91 Å². The first-order chi connectivity index (χ1) is 17.0. The number of aryl methyl sites for hydroxylation is 1. The molecule has 0 aliphatic carbocycles. The summed E-state index contributed by atoms with van der Waals surface area (Å²) in [5.41, 5.74) is 0.563. The Bertz CT molecular complexity index is 1270. The number of rotatable bonds is 4. The van der Waals surface area contributed by atoms with Crippen LogP contribution in [0.25, 0.3) is 11.3 Å². The Morgan fingerprint density at radius 1 is 1.25 bits per heavy atom. The molecule has 12 heteroatoms. The van der Waals surface area contributed by atoms with E-state index in [4.69, 9.17) is 0 Å². The zero-order valence-electron chi connectivity index (χ0n) is 20.4. The van der Waals surface area contributed by atoms with Gasteiger partial charge in [-0.3, -0.25) is 9.48 Å².